The Labute approximate surface area is 198 Å². The van der Waals surface area contributed by atoms with Gasteiger partial charge in [-0.25, -0.2) is 0 Å². The normalized spacial score (nSPS) is 14.0. The van der Waals surface area contributed by atoms with Crippen LogP contribution in [0.1, 0.15) is 0 Å². The summed E-state index contributed by atoms with van der Waals surface area (Å²) in [5.74, 6) is 0. The van der Waals surface area contributed by atoms with Crippen molar-refractivity contribution in [1.82, 2.24) is 9.78 Å². The van der Waals surface area contributed by atoms with E-state index in [1.807, 2.05) is 36.4 Å². The summed E-state index contributed by atoms with van der Waals surface area (Å²) in [4.78, 5) is 27.1. The Morgan fingerprint density at radius 3 is 2.54 bits per heavy atom. The van der Waals surface area contributed by atoms with Gasteiger partial charge in [-0.15, -0.1) is 0 Å². The zero-order valence-electron chi connectivity index (χ0n) is 18.6. The van der Waals surface area contributed by atoms with Crippen molar-refractivity contribution in [1.29, 1.82) is 0 Å². The highest BCUT2D eigenvalue weighted by Gasteiger charge is 2.23. The third kappa shape index (κ3) is 3.62. The van der Waals surface area contributed by atoms with Gasteiger partial charge in [-0.2, -0.15) is 9.78 Å². The van der Waals surface area contributed by atoms with E-state index >= 15 is 0 Å². The van der Waals surface area contributed by atoms with E-state index in [1.54, 1.807) is 30.5 Å². The molecule has 0 N–H and O–H groups in total. The van der Waals surface area contributed by atoms with Gasteiger partial charge in [0.1, 0.15) is 11.3 Å². The van der Waals surface area contributed by atoms with Crippen LogP contribution in [0.5, 0.6) is 0 Å². The first-order valence-corrected chi connectivity index (χ1v) is 11.2. The number of nitro groups is 1. The Hall–Kier alpha value is -4.50. The molecule has 0 amide bonds. The maximum atomic E-state index is 13.6. The highest BCUT2D eigenvalue weighted by atomic mass is 16.6. The smallest absolute Gasteiger partial charge is 0.295 e. The molecule has 174 valence electrons. The molecule has 1 fully saturated rings. The van der Waals surface area contributed by atoms with Gasteiger partial charge in [-0.05, 0) is 30.3 Å². The molecule has 35 heavy (non-hydrogen) atoms. The largest absolute Gasteiger partial charge is 0.464 e. The van der Waals surface area contributed by atoms with Gasteiger partial charge in [0.2, 0.25) is 0 Å². The summed E-state index contributed by atoms with van der Waals surface area (Å²) >= 11 is 0. The Bertz CT molecular complexity index is 1650. The molecular formula is C26H20N4O5. The number of fused-ring (bicyclic) bond motifs is 2. The second-order valence-electron chi connectivity index (χ2n) is 8.31. The summed E-state index contributed by atoms with van der Waals surface area (Å²) in [6.07, 6.45) is 1.61. The van der Waals surface area contributed by atoms with Gasteiger partial charge in [-0.1, -0.05) is 30.3 Å². The van der Waals surface area contributed by atoms with E-state index in [0.29, 0.717) is 48.4 Å². The molecule has 0 atom stereocenters. The number of ether oxygens (including phenoxy) is 1. The number of furan rings is 1. The number of rotatable bonds is 4. The number of nitro benzene ring substituents is 1. The monoisotopic (exact) mass is 468 g/mol. The first-order chi connectivity index (χ1) is 17.1. The fourth-order valence-corrected chi connectivity index (χ4v) is 4.52. The van der Waals surface area contributed by atoms with E-state index in [9.17, 15) is 14.9 Å². The molecular weight excluding hydrogens is 448 g/mol. The van der Waals surface area contributed by atoms with E-state index in [4.69, 9.17) is 9.15 Å². The van der Waals surface area contributed by atoms with Crippen LogP contribution in [0.25, 0.3) is 38.7 Å². The van der Waals surface area contributed by atoms with Gasteiger partial charge in [0.25, 0.3) is 11.2 Å². The van der Waals surface area contributed by atoms with E-state index < -0.39 is 10.5 Å². The number of aromatic nitrogens is 2. The standard InChI is InChI=1S/C26H20N4O5/c31-26-21-4-2-1-3-20(21)25(18-6-5-17-9-12-35-24(17)15-18)27-29(26)23-16-19(7-8-22(23)30(32)33)28-10-13-34-14-11-28/h1-9,12,15-16H,10-11,13-14H2. The van der Waals surface area contributed by atoms with Crippen LogP contribution < -0.4 is 10.5 Å². The molecule has 3 aromatic carbocycles. The molecule has 9 heteroatoms. The summed E-state index contributed by atoms with van der Waals surface area (Å²) in [6.45, 7) is 2.46. The number of anilines is 1. The van der Waals surface area contributed by atoms with Crippen molar-refractivity contribution < 1.29 is 14.1 Å². The molecule has 5 aromatic rings. The highest BCUT2D eigenvalue weighted by molar-refractivity contribution is 5.96. The number of morpholine rings is 1. The van der Waals surface area contributed by atoms with Crippen LogP contribution in [0.3, 0.4) is 0 Å². The van der Waals surface area contributed by atoms with Gasteiger partial charge in [0.15, 0.2) is 0 Å². The molecule has 0 bridgehead atoms. The number of benzene rings is 3. The van der Waals surface area contributed by atoms with E-state index in [0.717, 1.165) is 21.3 Å². The summed E-state index contributed by atoms with van der Waals surface area (Å²) < 4.78 is 12.1. The lowest BCUT2D eigenvalue weighted by Gasteiger charge is -2.29. The second-order valence-corrected chi connectivity index (χ2v) is 8.31. The maximum Gasteiger partial charge on any atom is 0.295 e. The van der Waals surface area contributed by atoms with Gasteiger partial charge in [0.05, 0.1) is 35.5 Å². The van der Waals surface area contributed by atoms with Crippen molar-refractivity contribution >= 4 is 33.1 Å². The van der Waals surface area contributed by atoms with Gasteiger partial charge in [-0.3, -0.25) is 14.9 Å². The molecule has 0 saturated carbocycles. The second kappa shape index (κ2) is 8.37. The van der Waals surface area contributed by atoms with E-state index in [1.165, 1.54) is 6.07 Å². The molecule has 1 aliphatic rings. The number of nitrogens with zero attached hydrogens (tertiary/aromatic N) is 4. The summed E-state index contributed by atoms with van der Waals surface area (Å²) in [6, 6.07) is 19.5. The summed E-state index contributed by atoms with van der Waals surface area (Å²) in [5.41, 5.74) is 2.23. The van der Waals surface area contributed by atoms with Crippen molar-refractivity contribution in [2.24, 2.45) is 0 Å². The lowest BCUT2D eigenvalue weighted by molar-refractivity contribution is -0.384. The number of hydrogen-bond donors (Lipinski definition) is 0. The molecule has 9 nitrogen and oxygen atoms in total. The average molecular weight is 468 g/mol. The van der Waals surface area contributed by atoms with Crippen LogP contribution in [0.15, 0.2) is 82.2 Å². The predicted molar refractivity (Wildman–Crippen MR) is 132 cm³/mol. The Morgan fingerprint density at radius 1 is 0.943 bits per heavy atom. The van der Waals surface area contributed by atoms with Crippen LogP contribution in [0.2, 0.25) is 0 Å². The predicted octanol–water partition coefficient (Wildman–Crippen LogP) is 4.54. The van der Waals surface area contributed by atoms with E-state index in [2.05, 4.69) is 10.00 Å². The van der Waals surface area contributed by atoms with Crippen molar-refractivity contribution in [3.63, 3.8) is 0 Å². The summed E-state index contributed by atoms with van der Waals surface area (Å²) in [7, 11) is 0. The quantitative estimate of drug-likeness (QED) is 0.282. The van der Waals surface area contributed by atoms with Crippen molar-refractivity contribution in [2.75, 3.05) is 31.2 Å². The topological polar surface area (TPSA) is 104 Å². The van der Waals surface area contributed by atoms with Gasteiger partial charge in [0, 0.05) is 41.2 Å². The van der Waals surface area contributed by atoms with Crippen LogP contribution in [-0.2, 0) is 4.74 Å². The average Bonchev–Trinajstić information content (AvgIpc) is 3.37. The molecule has 0 radical (unpaired) electrons. The van der Waals surface area contributed by atoms with Crippen molar-refractivity contribution in [3.05, 3.63) is 93.5 Å². The zero-order chi connectivity index (χ0) is 23.9. The molecule has 1 saturated heterocycles. The Morgan fingerprint density at radius 2 is 1.74 bits per heavy atom. The van der Waals surface area contributed by atoms with Crippen molar-refractivity contribution in [2.45, 2.75) is 0 Å². The first kappa shape index (κ1) is 21.1. The molecule has 3 heterocycles. The number of hydrogen-bond acceptors (Lipinski definition) is 7. The molecule has 2 aromatic heterocycles. The third-order valence-corrected chi connectivity index (χ3v) is 6.29. The van der Waals surface area contributed by atoms with E-state index in [-0.39, 0.29) is 11.4 Å². The minimum Gasteiger partial charge on any atom is -0.464 e. The zero-order valence-corrected chi connectivity index (χ0v) is 18.6. The minimum atomic E-state index is -0.490. The van der Waals surface area contributed by atoms with Crippen LogP contribution in [-0.4, -0.2) is 41.0 Å². The molecule has 0 unspecified atom stereocenters. The molecule has 0 aliphatic carbocycles. The van der Waals surface area contributed by atoms with Crippen molar-refractivity contribution in [3.8, 4) is 16.9 Å². The Kier molecular flexibility index (Phi) is 5.04. The fourth-order valence-electron chi connectivity index (χ4n) is 4.52. The lowest BCUT2D eigenvalue weighted by Crippen LogP contribution is -2.36. The van der Waals surface area contributed by atoms with Crippen LogP contribution >= 0.6 is 0 Å². The molecule has 0 spiro atoms. The van der Waals surface area contributed by atoms with Crippen LogP contribution in [0, 0.1) is 10.1 Å². The summed E-state index contributed by atoms with van der Waals surface area (Å²) in [5, 5.41) is 18.6. The lowest BCUT2D eigenvalue weighted by atomic mass is 10.0. The highest BCUT2D eigenvalue weighted by Crippen LogP contribution is 2.32. The first-order valence-electron chi connectivity index (χ1n) is 11.2. The third-order valence-electron chi connectivity index (χ3n) is 6.29. The minimum absolute atomic E-state index is 0.120. The molecule has 6 rings (SSSR count). The molecule has 1 aliphatic heterocycles. The van der Waals surface area contributed by atoms with Gasteiger partial charge < -0.3 is 14.1 Å². The fraction of sp³-hybridized carbons (Fsp3) is 0.154. The van der Waals surface area contributed by atoms with Gasteiger partial charge >= 0.3 is 0 Å². The SMILES string of the molecule is O=c1c2ccccc2c(-c2ccc3ccoc3c2)nn1-c1cc(N2CCOCC2)ccc1[N+](=O)[O-]. The Balaban J connectivity index is 1.61. The van der Waals surface area contributed by atoms with Crippen LogP contribution in [0.4, 0.5) is 11.4 Å². The maximum absolute atomic E-state index is 13.6.